The van der Waals surface area contributed by atoms with E-state index in [1.54, 1.807) is 11.8 Å². The zero-order valence-corrected chi connectivity index (χ0v) is 16.8. The summed E-state index contributed by atoms with van der Waals surface area (Å²) in [6.45, 7) is 6.31. The van der Waals surface area contributed by atoms with Crippen LogP contribution in [-0.2, 0) is 10.5 Å². The van der Waals surface area contributed by atoms with E-state index in [1.807, 2.05) is 24.7 Å². The molecule has 2 fully saturated rings. The molecule has 0 amide bonds. The first kappa shape index (κ1) is 18.8. The van der Waals surface area contributed by atoms with E-state index in [0.29, 0.717) is 12.0 Å². The highest BCUT2D eigenvalue weighted by molar-refractivity contribution is 7.98. The van der Waals surface area contributed by atoms with Crippen molar-refractivity contribution in [2.45, 2.75) is 55.5 Å². The number of aromatic nitrogens is 3. The van der Waals surface area contributed by atoms with Crippen molar-refractivity contribution in [1.82, 2.24) is 19.9 Å². The predicted molar refractivity (Wildman–Crippen MR) is 108 cm³/mol. The molecule has 2 aromatic rings. The van der Waals surface area contributed by atoms with Crippen LogP contribution in [0.1, 0.15) is 48.4 Å². The number of nitrogens with zero attached hydrogens (tertiary/aromatic N) is 4. The van der Waals surface area contributed by atoms with Crippen LogP contribution in [0.25, 0.3) is 0 Å². The number of likely N-dealkylation sites (tertiary alicyclic amines) is 1. The van der Waals surface area contributed by atoms with Gasteiger partial charge in [-0.15, -0.1) is 0 Å². The molecule has 4 rings (SSSR count). The lowest BCUT2D eigenvalue weighted by Gasteiger charge is -2.40. The van der Waals surface area contributed by atoms with Crippen molar-refractivity contribution >= 4 is 11.8 Å². The molecule has 0 N–H and O–H groups in total. The first-order valence-electron chi connectivity index (χ1n) is 9.96. The van der Waals surface area contributed by atoms with Gasteiger partial charge in [0.2, 0.25) is 0 Å². The fourth-order valence-corrected chi connectivity index (χ4v) is 4.92. The van der Waals surface area contributed by atoms with Crippen LogP contribution in [0.4, 0.5) is 0 Å². The molecule has 4 heterocycles. The normalized spacial score (nSPS) is 22.0. The molecule has 0 saturated carbocycles. The number of thioether (sulfide) groups is 1. The van der Waals surface area contributed by atoms with Crippen molar-refractivity contribution in [2.75, 3.05) is 26.3 Å². The van der Waals surface area contributed by atoms with Crippen LogP contribution in [0.15, 0.2) is 35.9 Å². The Balaban J connectivity index is 1.44. The van der Waals surface area contributed by atoms with Crippen LogP contribution in [0.2, 0.25) is 0 Å². The second kappa shape index (κ2) is 9.13. The van der Waals surface area contributed by atoms with E-state index in [1.165, 1.54) is 49.0 Å². The molecular formula is C21H28N4OS. The Morgan fingerprint density at radius 1 is 1.22 bits per heavy atom. The number of hydrogen-bond acceptors (Lipinski definition) is 6. The summed E-state index contributed by atoms with van der Waals surface area (Å²) in [6.07, 6.45) is 10.5. The lowest BCUT2D eigenvalue weighted by atomic mass is 9.90. The zero-order valence-electron chi connectivity index (χ0n) is 16.0. The molecule has 6 heteroatoms. The SMILES string of the molecule is Cc1cnc(SCc2cccnc2)nc1[C@H]1CCCN(C2CCOCC2)C1. The third-order valence-corrected chi connectivity index (χ3v) is 6.56. The van der Waals surface area contributed by atoms with Crippen molar-refractivity contribution in [3.8, 4) is 0 Å². The molecule has 2 aliphatic heterocycles. The Morgan fingerprint density at radius 2 is 2.11 bits per heavy atom. The van der Waals surface area contributed by atoms with Crippen LogP contribution in [-0.4, -0.2) is 52.2 Å². The first-order chi connectivity index (χ1) is 13.3. The maximum Gasteiger partial charge on any atom is 0.188 e. The van der Waals surface area contributed by atoms with Gasteiger partial charge in [-0.05, 0) is 56.3 Å². The molecule has 2 aromatic heterocycles. The topological polar surface area (TPSA) is 51.1 Å². The summed E-state index contributed by atoms with van der Waals surface area (Å²) in [5.41, 5.74) is 3.67. The van der Waals surface area contributed by atoms with E-state index < -0.39 is 0 Å². The second-order valence-electron chi connectivity index (χ2n) is 7.55. The number of pyridine rings is 1. The van der Waals surface area contributed by atoms with Crippen LogP contribution >= 0.6 is 11.8 Å². The minimum absolute atomic E-state index is 0.516. The van der Waals surface area contributed by atoms with Crippen molar-refractivity contribution < 1.29 is 4.74 Å². The highest BCUT2D eigenvalue weighted by atomic mass is 32.2. The fourth-order valence-electron chi connectivity index (χ4n) is 4.16. The molecular weight excluding hydrogens is 356 g/mol. The van der Waals surface area contributed by atoms with Crippen LogP contribution in [0.5, 0.6) is 0 Å². The number of rotatable bonds is 5. The summed E-state index contributed by atoms with van der Waals surface area (Å²) in [4.78, 5) is 16.4. The predicted octanol–water partition coefficient (Wildman–Crippen LogP) is 3.83. The van der Waals surface area contributed by atoms with E-state index in [2.05, 4.69) is 27.9 Å². The smallest absolute Gasteiger partial charge is 0.188 e. The Kier molecular flexibility index (Phi) is 6.37. The Bertz CT molecular complexity index is 736. The summed E-state index contributed by atoms with van der Waals surface area (Å²) >= 11 is 1.70. The molecule has 27 heavy (non-hydrogen) atoms. The number of piperidine rings is 1. The summed E-state index contributed by atoms with van der Waals surface area (Å²) in [5, 5.41) is 0.877. The van der Waals surface area contributed by atoms with Gasteiger partial charge in [0.25, 0.3) is 0 Å². The van der Waals surface area contributed by atoms with Gasteiger partial charge in [0.1, 0.15) is 0 Å². The zero-order chi connectivity index (χ0) is 18.5. The van der Waals surface area contributed by atoms with Crippen LogP contribution in [0.3, 0.4) is 0 Å². The van der Waals surface area contributed by atoms with Gasteiger partial charge in [0.15, 0.2) is 5.16 Å². The molecule has 144 valence electrons. The summed E-state index contributed by atoms with van der Waals surface area (Å²) in [6, 6.07) is 4.76. The largest absolute Gasteiger partial charge is 0.381 e. The van der Waals surface area contributed by atoms with Gasteiger partial charge in [-0.25, -0.2) is 9.97 Å². The van der Waals surface area contributed by atoms with E-state index in [-0.39, 0.29) is 0 Å². The second-order valence-corrected chi connectivity index (χ2v) is 8.49. The van der Waals surface area contributed by atoms with Gasteiger partial charge >= 0.3 is 0 Å². The fraction of sp³-hybridized carbons (Fsp3) is 0.571. The minimum Gasteiger partial charge on any atom is -0.381 e. The highest BCUT2D eigenvalue weighted by Crippen LogP contribution is 2.31. The van der Waals surface area contributed by atoms with Gasteiger partial charge < -0.3 is 4.74 Å². The van der Waals surface area contributed by atoms with E-state index in [9.17, 15) is 0 Å². The van der Waals surface area contributed by atoms with Gasteiger partial charge in [0.05, 0.1) is 5.69 Å². The van der Waals surface area contributed by atoms with Crippen molar-refractivity contribution in [1.29, 1.82) is 0 Å². The molecule has 1 atom stereocenters. The molecule has 2 aliphatic rings. The number of ether oxygens (including phenoxy) is 1. The van der Waals surface area contributed by atoms with Crippen molar-refractivity contribution in [2.24, 2.45) is 0 Å². The third kappa shape index (κ3) is 4.86. The maximum atomic E-state index is 5.55. The lowest BCUT2D eigenvalue weighted by Crippen LogP contribution is -2.44. The average molecular weight is 385 g/mol. The van der Waals surface area contributed by atoms with Crippen LogP contribution in [0, 0.1) is 6.92 Å². The van der Waals surface area contributed by atoms with Gasteiger partial charge in [-0.1, -0.05) is 17.8 Å². The standard InChI is InChI=1S/C21H28N4OS/c1-16-12-23-21(27-15-17-4-2-8-22-13-17)24-20(16)18-5-3-9-25(14-18)19-6-10-26-11-7-19/h2,4,8,12-13,18-19H,3,5-7,9-11,14-15H2,1H3/t18-/m0/s1. The van der Waals surface area contributed by atoms with Gasteiger partial charge in [-0.2, -0.15) is 0 Å². The van der Waals surface area contributed by atoms with Gasteiger partial charge in [-0.3, -0.25) is 9.88 Å². The summed E-state index contributed by atoms with van der Waals surface area (Å²) < 4.78 is 5.55. The molecule has 0 spiro atoms. The van der Waals surface area contributed by atoms with Crippen LogP contribution < -0.4 is 0 Å². The third-order valence-electron chi connectivity index (χ3n) is 5.63. The summed E-state index contributed by atoms with van der Waals surface area (Å²) in [7, 11) is 0. The lowest BCUT2D eigenvalue weighted by molar-refractivity contribution is 0.0237. The molecule has 5 nitrogen and oxygen atoms in total. The van der Waals surface area contributed by atoms with Crippen molar-refractivity contribution in [3.05, 3.63) is 47.5 Å². The van der Waals surface area contributed by atoms with E-state index in [4.69, 9.17) is 9.72 Å². The molecule has 2 saturated heterocycles. The Labute approximate surface area is 166 Å². The molecule has 0 aromatic carbocycles. The monoisotopic (exact) mass is 384 g/mol. The quantitative estimate of drug-likeness (QED) is 0.577. The number of hydrogen-bond donors (Lipinski definition) is 0. The molecule has 0 bridgehead atoms. The van der Waals surface area contributed by atoms with E-state index >= 15 is 0 Å². The molecule has 0 radical (unpaired) electrons. The Morgan fingerprint density at radius 3 is 2.93 bits per heavy atom. The summed E-state index contributed by atoms with van der Waals surface area (Å²) in [5.74, 6) is 1.37. The Hall–Kier alpha value is -1.50. The van der Waals surface area contributed by atoms with Gasteiger partial charge in [0, 0.05) is 56.1 Å². The van der Waals surface area contributed by atoms with Crippen molar-refractivity contribution in [3.63, 3.8) is 0 Å². The molecule has 0 unspecified atom stereocenters. The minimum atomic E-state index is 0.516. The molecule has 0 aliphatic carbocycles. The highest BCUT2D eigenvalue weighted by Gasteiger charge is 2.29. The maximum absolute atomic E-state index is 5.55. The number of aryl methyl sites for hydroxylation is 1. The van der Waals surface area contributed by atoms with E-state index in [0.717, 1.165) is 30.7 Å². The first-order valence-corrected chi connectivity index (χ1v) is 10.9. The average Bonchev–Trinajstić information content (AvgIpc) is 2.75.